The van der Waals surface area contributed by atoms with E-state index < -0.39 is 29.3 Å². The fraction of sp³-hybridized carbons (Fsp3) is 0.250. The zero-order valence-corrected chi connectivity index (χ0v) is 18.0. The number of benzene rings is 2. The van der Waals surface area contributed by atoms with Crippen molar-refractivity contribution in [3.8, 4) is 0 Å². The average Bonchev–Trinajstić information content (AvgIpc) is 3.20. The molecule has 8 nitrogen and oxygen atoms in total. The van der Waals surface area contributed by atoms with Crippen LogP contribution < -0.4 is 0 Å². The summed E-state index contributed by atoms with van der Waals surface area (Å²) in [5.74, 6) is -5.04. The fourth-order valence-electron chi connectivity index (χ4n) is 4.05. The summed E-state index contributed by atoms with van der Waals surface area (Å²) in [6.07, 6.45) is 0.854. The first-order valence-electron chi connectivity index (χ1n) is 10.6. The van der Waals surface area contributed by atoms with Gasteiger partial charge in [0.25, 0.3) is 17.6 Å². The Morgan fingerprint density at radius 2 is 1.56 bits per heavy atom. The van der Waals surface area contributed by atoms with Crippen LogP contribution in [-0.2, 0) is 16.1 Å². The first-order chi connectivity index (χ1) is 16.3. The lowest BCUT2D eigenvalue weighted by atomic mass is 10.1. The highest BCUT2D eigenvalue weighted by molar-refractivity contribution is 6.45. The summed E-state index contributed by atoms with van der Waals surface area (Å²) in [5, 5.41) is 8.71. The van der Waals surface area contributed by atoms with Crippen LogP contribution in [0.1, 0.15) is 27.1 Å². The predicted molar refractivity (Wildman–Crippen MR) is 117 cm³/mol. The van der Waals surface area contributed by atoms with Gasteiger partial charge < -0.3 is 19.5 Å². The van der Waals surface area contributed by atoms with Crippen LogP contribution >= 0.6 is 0 Å². The van der Waals surface area contributed by atoms with Crippen LogP contribution in [0.5, 0.6) is 0 Å². The topological polar surface area (TPSA) is 99.9 Å². The van der Waals surface area contributed by atoms with Gasteiger partial charge in [0.1, 0.15) is 11.6 Å². The van der Waals surface area contributed by atoms with Gasteiger partial charge in [0.05, 0.1) is 17.5 Å². The summed E-state index contributed by atoms with van der Waals surface area (Å²) in [5.41, 5.74) is 0.258. The largest absolute Gasteiger partial charge is 0.481 e. The Balaban J connectivity index is 1.53. The fourth-order valence-corrected chi connectivity index (χ4v) is 4.05. The molecule has 1 aliphatic heterocycles. The molecule has 0 saturated carbocycles. The molecular weight excluding hydrogens is 448 g/mol. The Morgan fingerprint density at radius 3 is 2.21 bits per heavy atom. The third-order valence-corrected chi connectivity index (χ3v) is 5.78. The van der Waals surface area contributed by atoms with E-state index in [1.807, 2.05) is 0 Å². The lowest BCUT2D eigenvalue weighted by Gasteiger charge is -2.34. The van der Waals surface area contributed by atoms with Crippen LogP contribution in [0.15, 0.2) is 48.7 Å². The minimum atomic E-state index is -1.12. The zero-order chi connectivity index (χ0) is 24.4. The molecule has 2 heterocycles. The van der Waals surface area contributed by atoms with Crippen molar-refractivity contribution >= 4 is 34.5 Å². The van der Waals surface area contributed by atoms with E-state index in [4.69, 9.17) is 5.11 Å². The Kier molecular flexibility index (Phi) is 6.40. The highest BCUT2D eigenvalue weighted by atomic mass is 19.1. The molecule has 2 aromatic carbocycles. The highest BCUT2D eigenvalue weighted by Gasteiger charge is 2.31. The molecule has 1 aliphatic rings. The minimum absolute atomic E-state index is 0.00632. The SMILES string of the molecule is O=C(O)CCn1cc(C(=O)C(=O)N2CCN(C(=O)c3ccccc3)CC2)c2c(F)cc(F)cc21. The zero-order valence-electron chi connectivity index (χ0n) is 18.0. The number of aliphatic carboxylic acids is 1. The van der Waals surface area contributed by atoms with E-state index in [0.29, 0.717) is 11.6 Å². The number of carbonyl (C=O) groups excluding carboxylic acids is 3. The number of nitrogens with zero attached hydrogens (tertiary/aromatic N) is 3. The van der Waals surface area contributed by atoms with E-state index in [9.17, 15) is 28.0 Å². The van der Waals surface area contributed by atoms with Gasteiger partial charge in [0.2, 0.25) is 0 Å². The summed E-state index contributed by atoms with van der Waals surface area (Å²) in [7, 11) is 0. The third kappa shape index (κ3) is 4.52. The first kappa shape index (κ1) is 23.1. The van der Waals surface area contributed by atoms with E-state index in [-0.39, 0.29) is 61.5 Å². The summed E-state index contributed by atoms with van der Waals surface area (Å²) < 4.78 is 29.7. The second-order valence-electron chi connectivity index (χ2n) is 7.94. The van der Waals surface area contributed by atoms with Gasteiger partial charge >= 0.3 is 5.97 Å². The van der Waals surface area contributed by atoms with Gasteiger partial charge in [-0.05, 0) is 18.2 Å². The number of carbonyl (C=O) groups is 4. The number of amides is 2. The number of rotatable bonds is 6. The smallest absolute Gasteiger partial charge is 0.305 e. The van der Waals surface area contributed by atoms with E-state index >= 15 is 0 Å². The van der Waals surface area contributed by atoms with Gasteiger partial charge in [-0.2, -0.15) is 0 Å². The molecule has 10 heteroatoms. The number of halogens is 2. The molecule has 1 saturated heterocycles. The molecule has 176 valence electrons. The standard InChI is InChI=1S/C24H21F2N3O5/c25-16-12-18(26)21-17(14-29(19(21)13-16)7-6-20(30)31)22(32)24(34)28-10-8-27(9-11-28)23(33)15-4-2-1-3-5-15/h1-5,12-14H,6-11H2,(H,30,31). The van der Waals surface area contributed by atoms with Crippen molar-refractivity contribution in [1.29, 1.82) is 0 Å². The predicted octanol–water partition coefficient (Wildman–Crippen LogP) is 2.56. The second-order valence-corrected chi connectivity index (χ2v) is 7.94. The molecule has 1 aromatic heterocycles. The van der Waals surface area contributed by atoms with Crippen molar-refractivity contribution in [2.75, 3.05) is 26.2 Å². The number of fused-ring (bicyclic) bond motifs is 1. The molecule has 0 atom stereocenters. The third-order valence-electron chi connectivity index (χ3n) is 5.78. The van der Waals surface area contributed by atoms with Gasteiger partial charge in [-0.15, -0.1) is 0 Å². The van der Waals surface area contributed by atoms with Crippen LogP contribution in [0, 0.1) is 11.6 Å². The molecule has 0 radical (unpaired) electrons. The van der Waals surface area contributed by atoms with Gasteiger partial charge in [0, 0.05) is 55.9 Å². The maximum Gasteiger partial charge on any atom is 0.305 e. The van der Waals surface area contributed by atoms with Gasteiger partial charge in [0.15, 0.2) is 0 Å². The van der Waals surface area contributed by atoms with Gasteiger partial charge in [-0.25, -0.2) is 8.78 Å². The number of hydrogen-bond donors (Lipinski definition) is 1. The summed E-state index contributed by atoms with van der Waals surface area (Å²) in [6.45, 7) is 0.575. The number of piperazine rings is 1. The Morgan fingerprint density at radius 1 is 0.912 bits per heavy atom. The molecule has 0 spiro atoms. The molecule has 2 amide bonds. The van der Waals surface area contributed by atoms with Crippen molar-refractivity contribution in [3.63, 3.8) is 0 Å². The summed E-state index contributed by atoms with van der Waals surface area (Å²) >= 11 is 0. The number of ketones is 1. The maximum atomic E-state index is 14.6. The quantitative estimate of drug-likeness (QED) is 0.442. The van der Waals surface area contributed by atoms with Crippen molar-refractivity contribution < 1.29 is 33.1 Å². The van der Waals surface area contributed by atoms with E-state index in [0.717, 1.165) is 6.07 Å². The van der Waals surface area contributed by atoms with Crippen molar-refractivity contribution in [3.05, 3.63) is 71.4 Å². The molecular formula is C24H21F2N3O5. The number of carboxylic acid groups (broad SMARTS) is 1. The number of carboxylic acids is 1. The maximum absolute atomic E-state index is 14.6. The van der Waals surface area contributed by atoms with Crippen molar-refractivity contribution in [2.24, 2.45) is 0 Å². The van der Waals surface area contributed by atoms with Crippen molar-refractivity contribution in [1.82, 2.24) is 14.4 Å². The van der Waals surface area contributed by atoms with Crippen LogP contribution in [-0.4, -0.2) is 69.2 Å². The van der Waals surface area contributed by atoms with Crippen LogP contribution in [0.3, 0.4) is 0 Å². The highest BCUT2D eigenvalue weighted by Crippen LogP contribution is 2.27. The van der Waals surface area contributed by atoms with E-state index in [2.05, 4.69) is 0 Å². The monoisotopic (exact) mass is 469 g/mol. The second kappa shape index (κ2) is 9.42. The molecule has 1 fully saturated rings. The summed E-state index contributed by atoms with van der Waals surface area (Å²) in [6, 6.07) is 10.3. The number of Topliss-reactive ketones (excluding diaryl/α,β-unsaturated/α-hetero) is 1. The van der Waals surface area contributed by atoms with E-state index in [1.165, 1.54) is 15.7 Å². The number of aryl methyl sites for hydroxylation is 1. The minimum Gasteiger partial charge on any atom is -0.481 e. The Hall–Kier alpha value is -4.08. The Bertz CT molecular complexity index is 1280. The van der Waals surface area contributed by atoms with E-state index in [1.54, 1.807) is 35.2 Å². The summed E-state index contributed by atoms with van der Waals surface area (Å²) in [4.78, 5) is 52.4. The average molecular weight is 469 g/mol. The van der Waals surface area contributed by atoms with Crippen molar-refractivity contribution in [2.45, 2.75) is 13.0 Å². The normalized spacial score (nSPS) is 13.8. The number of aromatic nitrogens is 1. The molecule has 0 bridgehead atoms. The van der Waals surface area contributed by atoms with Gasteiger partial charge in [-0.3, -0.25) is 19.2 Å². The Labute approximate surface area is 193 Å². The van der Waals surface area contributed by atoms with Crippen LogP contribution in [0.25, 0.3) is 10.9 Å². The molecule has 0 unspecified atom stereocenters. The van der Waals surface area contributed by atoms with Crippen LogP contribution in [0.4, 0.5) is 8.78 Å². The molecule has 4 rings (SSSR count). The molecule has 0 aliphatic carbocycles. The lowest BCUT2D eigenvalue weighted by molar-refractivity contribution is -0.137. The number of hydrogen-bond acceptors (Lipinski definition) is 4. The lowest BCUT2D eigenvalue weighted by Crippen LogP contribution is -2.52. The van der Waals surface area contributed by atoms with Gasteiger partial charge in [-0.1, -0.05) is 18.2 Å². The molecule has 1 N–H and O–H groups in total. The molecule has 34 heavy (non-hydrogen) atoms. The first-order valence-corrected chi connectivity index (χ1v) is 10.6. The van der Waals surface area contributed by atoms with Crippen LogP contribution in [0.2, 0.25) is 0 Å². The molecule has 3 aromatic rings.